The standard InChI is InChI=1S/C17H23NO4/c1-21-15-6-2-4-12(8-15)17(20)18-10-14(19)9-16(18)13-5-3-7-22-11-13/h2,4,6,8,13-14,16,19H,3,5,7,9-11H2,1H3/t13-,14+,16-/m0/s1. The van der Waals surface area contributed by atoms with Crippen LogP contribution in [0.4, 0.5) is 0 Å². The van der Waals surface area contributed by atoms with Crippen molar-refractivity contribution in [1.29, 1.82) is 0 Å². The topological polar surface area (TPSA) is 59.0 Å². The van der Waals surface area contributed by atoms with Gasteiger partial charge in [0.05, 0.1) is 19.8 Å². The van der Waals surface area contributed by atoms with Gasteiger partial charge in [0, 0.05) is 30.7 Å². The van der Waals surface area contributed by atoms with Crippen LogP contribution in [0.1, 0.15) is 29.6 Å². The fraction of sp³-hybridized carbons (Fsp3) is 0.588. The number of β-amino-alcohol motifs (C(OH)–C–C–N with tert-alkyl or cyclic N) is 1. The lowest BCUT2D eigenvalue weighted by atomic mass is 9.91. The molecule has 5 nitrogen and oxygen atoms in total. The summed E-state index contributed by atoms with van der Waals surface area (Å²) in [6.07, 6.45) is 2.28. The minimum absolute atomic E-state index is 0.0361. The smallest absolute Gasteiger partial charge is 0.254 e. The Hall–Kier alpha value is -1.59. The molecule has 0 aromatic heterocycles. The van der Waals surface area contributed by atoms with Gasteiger partial charge in [-0.1, -0.05) is 6.07 Å². The lowest BCUT2D eigenvalue weighted by Gasteiger charge is -2.33. The van der Waals surface area contributed by atoms with E-state index in [2.05, 4.69) is 0 Å². The molecule has 2 aliphatic rings. The van der Waals surface area contributed by atoms with E-state index in [4.69, 9.17) is 9.47 Å². The third kappa shape index (κ3) is 3.10. The van der Waals surface area contributed by atoms with Crippen LogP contribution in [0.25, 0.3) is 0 Å². The molecular weight excluding hydrogens is 282 g/mol. The first-order chi connectivity index (χ1) is 10.7. The van der Waals surface area contributed by atoms with Crippen LogP contribution in [0.5, 0.6) is 5.75 Å². The van der Waals surface area contributed by atoms with Gasteiger partial charge >= 0.3 is 0 Å². The van der Waals surface area contributed by atoms with Crippen LogP contribution in [-0.4, -0.2) is 54.9 Å². The van der Waals surface area contributed by atoms with Gasteiger partial charge in [-0.05, 0) is 37.5 Å². The van der Waals surface area contributed by atoms with Crippen LogP contribution in [0.3, 0.4) is 0 Å². The summed E-state index contributed by atoms with van der Waals surface area (Å²) in [7, 11) is 1.59. The van der Waals surface area contributed by atoms with Crippen LogP contribution >= 0.6 is 0 Å². The van der Waals surface area contributed by atoms with E-state index in [1.54, 1.807) is 19.2 Å². The molecule has 120 valence electrons. The minimum Gasteiger partial charge on any atom is -0.497 e. The van der Waals surface area contributed by atoms with Crippen molar-refractivity contribution in [3.63, 3.8) is 0 Å². The number of nitrogens with zero attached hydrogens (tertiary/aromatic N) is 1. The lowest BCUT2D eigenvalue weighted by molar-refractivity contribution is 0.0190. The number of aliphatic hydroxyl groups excluding tert-OH is 1. The molecule has 1 aromatic carbocycles. The number of hydrogen-bond donors (Lipinski definition) is 1. The Kier molecular flexibility index (Phi) is 4.64. The van der Waals surface area contributed by atoms with Crippen molar-refractivity contribution in [2.45, 2.75) is 31.4 Å². The quantitative estimate of drug-likeness (QED) is 0.923. The van der Waals surface area contributed by atoms with E-state index in [9.17, 15) is 9.90 Å². The van der Waals surface area contributed by atoms with Gasteiger partial charge in [0.25, 0.3) is 5.91 Å². The van der Waals surface area contributed by atoms with Crippen LogP contribution in [0.15, 0.2) is 24.3 Å². The van der Waals surface area contributed by atoms with Crippen LogP contribution in [0, 0.1) is 5.92 Å². The summed E-state index contributed by atoms with van der Waals surface area (Å²) in [5, 5.41) is 10.0. The maximum Gasteiger partial charge on any atom is 0.254 e. The number of benzene rings is 1. The molecule has 3 atom stereocenters. The van der Waals surface area contributed by atoms with E-state index in [0.717, 1.165) is 19.4 Å². The van der Waals surface area contributed by atoms with Crippen LogP contribution < -0.4 is 4.74 Å². The number of rotatable bonds is 3. The first kappa shape index (κ1) is 15.3. The monoisotopic (exact) mass is 305 g/mol. The molecule has 0 radical (unpaired) electrons. The summed E-state index contributed by atoms with van der Waals surface area (Å²) in [6.45, 7) is 1.88. The molecule has 0 unspecified atom stereocenters. The van der Waals surface area contributed by atoms with Gasteiger partial charge < -0.3 is 19.5 Å². The zero-order valence-electron chi connectivity index (χ0n) is 12.9. The Bertz CT molecular complexity index is 527. The van der Waals surface area contributed by atoms with Crippen molar-refractivity contribution in [1.82, 2.24) is 4.90 Å². The molecule has 22 heavy (non-hydrogen) atoms. The second-order valence-corrected chi connectivity index (χ2v) is 6.12. The third-order valence-corrected chi connectivity index (χ3v) is 4.64. The van der Waals surface area contributed by atoms with Crippen LogP contribution in [0.2, 0.25) is 0 Å². The van der Waals surface area contributed by atoms with Gasteiger partial charge in [-0.2, -0.15) is 0 Å². The largest absolute Gasteiger partial charge is 0.497 e. The predicted molar refractivity (Wildman–Crippen MR) is 82.0 cm³/mol. The summed E-state index contributed by atoms with van der Waals surface area (Å²) >= 11 is 0. The van der Waals surface area contributed by atoms with Crippen LogP contribution in [-0.2, 0) is 4.74 Å². The lowest BCUT2D eigenvalue weighted by Crippen LogP contribution is -2.42. The number of carbonyl (C=O) groups is 1. The van der Waals surface area contributed by atoms with Gasteiger partial charge in [-0.15, -0.1) is 0 Å². The first-order valence-corrected chi connectivity index (χ1v) is 7.90. The van der Waals surface area contributed by atoms with Crippen molar-refractivity contribution < 1.29 is 19.4 Å². The molecule has 2 heterocycles. The Morgan fingerprint density at radius 1 is 1.45 bits per heavy atom. The Morgan fingerprint density at radius 3 is 3.05 bits per heavy atom. The van der Waals surface area contributed by atoms with Gasteiger partial charge in [-0.25, -0.2) is 0 Å². The predicted octanol–water partition coefficient (Wildman–Crippen LogP) is 1.70. The second kappa shape index (κ2) is 6.67. The number of methoxy groups -OCH3 is 1. The van der Waals surface area contributed by atoms with Crippen molar-refractivity contribution >= 4 is 5.91 Å². The molecule has 1 N–H and O–H groups in total. The molecule has 0 bridgehead atoms. The van der Waals surface area contributed by atoms with E-state index in [-0.39, 0.29) is 11.9 Å². The fourth-order valence-electron chi connectivity index (χ4n) is 3.51. The number of carbonyl (C=O) groups excluding carboxylic acids is 1. The van der Waals surface area contributed by atoms with Crippen molar-refractivity contribution in [3.05, 3.63) is 29.8 Å². The minimum atomic E-state index is -0.443. The Balaban J connectivity index is 1.79. The van der Waals surface area contributed by atoms with Gasteiger partial charge in [0.1, 0.15) is 5.75 Å². The average molecular weight is 305 g/mol. The molecule has 3 rings (SSSR count). The molecule has 1 amide bonds. The number of amides is 1. The molecule has 0 saturated carbocycles. The molecule has 2 fully saturated rings. The van der Waals surface area contributed by atoms with Gasteiger partial charge in [-0.3, -0.25) is 4.79 Å². The summed E-state index contributed by atoms with van der Waals surface area (Å²) < 4.78 is 10.8. The zero-order chi connectivity index (χ0) is 15.5. The first-order valence-electron chi connectivity index (χ1n) is 7.90. The molecule has 0 spiro atoms. The number of aliphatic hydroxyl groups is 1. The van der Waals surface area contributed by atoms with E-state index in [0.29, 0.717) is 36.8 Å². The number of hydrogen-bond acceptors (Lipinski definition) is 4. The van der Waals surface area contributed by atoms with E-state index in [1.807, 2.05) is 17.0 Å². The normalized spacial score (nSPS) is 28.6. The highest BCUT2D eigenvalue weighted by molar-refractivity contribution is 5.95. The van der Waals surface area contributed by atoms with Gasteiger partial charge in [0.2, 0.25) is 0 Å². The number of ether oxygens (including phenoxy) is 2. The summed E-state index contributed by atoms with van der Waals surface area (Å²) in [5.74, 6) is 0.953. The molecule has 2 saturated heterocycles. The Labute approximate surface area is 130 Å². The van der Waals surface area contributed by atoms with E-state index in [1.165, 1.54) is 0 Å². The zero-order valence-corrected chi connectivity index (χ0v) is 12.9. The molecule has 2 aliphatic heterocycles. The van der Waals surface area contributed by atoms with Crippen molar-refractivity contribution in [2.75, 3.05) is 26.9 Å². The third-order valence-electron chi connectivity index (χ3n) is 4.64. The Morgan fingerprint density at radius 2 is 2.32 bits per heavy atom. The highest BCUT2D eigenvalue weighted by atomic mass is 16.5. The molecule has 1 aromatic rings. The molecule has 0 aliphatic carbocycles. The van der Waals surface area contributed by atoms with Gasteiger partial charge in [0.15, 0.2) is 0 Å². The number of likely N-dealkylation sites (tertiary alicyclic amines) is 1. The highest BCUT2D eigenvalue weighted by Gasteiger charge is 2.39. The summed E-state index contributed by atoms with van der Waals surface area (Å²) in [4.78, 5) is 14.7. The highest BCUT2D eigenvalue weighted by Crippen LogP contribution is 2.31. The van der Waals surface area contributed by atoms with E-state index >= 15 is 0 Å². The molecular formula is C17H23NO4. The second-order valence-electron chi connectivity index (χ2n) is 6.12. The maximum atomic E-state index is 12.8. The maximum absolute atomic E-state index is 12.8. The van der Waals surface area contributed by atoms with Crippen molar-refractivity contribution in [3.8, 4) is 5.75 Å². The SMILES string of the molecule is COc1cccc(C(=O)N2C[C@H](O)C[C@H]2[C@H]2CCCOC2)c1. The van der Waals surface area contributed by atoms with E-state index < -0.39 is 6.10 Å². The summed E-state index contributed by atoms with van der Waals surface area (Å²) in [5.41, 5.74) is 0.607. The fourth-order valence-corrected chi connectivity index (χ4v) is 3.51. The molecule has 5 heteroatoms. The average Bonchev–Trinajstić information content (AvgIpc) is 2.97. The summed E-state index contributed by atoms with van der Waals surface area (Å²) in [6, 6.07) is 7.25. The van der Waals surface area contributed by atoms with Crippen molar-refractivity contribution in [2.24, 2.45) is 5.92 Å².